The number of alkyl halides is 6. The van der Waals surface area contributed by atoms with Crippen molar-refractivity contribution in [1.29, 1.82) is 0 Å². The Kier molecular flexibility index (Phi) is 11.1. The largest absolute Gasteiger partial charge is 0.490 e. The van der Waals surface area contributed by atoms with Crippen LogP contribution in [0.5, 0.6) is 0 Å². The number of carboxylic acids is 2. The zero-order valence-corrected chi connectivity index (χ0v) is 20.1. The Morgan fingerprint density at radius 1 is 0.919 bits per heavy atom. The second-order valence-electron chi connectivity index (χ2n) is 8.82. The number of piperidine rings is 1. The summed E-state index contributed by atoms with van der Waals surface area (Å²) in [6, 6.07) is 0.583. The molecular formula is C21H30F6N4O6. The van der Waals surface area contributed by atoms with E-state index in [1.54, 1.807) is 0 Å². The minimum absolute atomic E-state index is 0.000468. The number of aryl methyl sites for hydroxylation is 1. The number of carboxylic acid groups (broad SMARTS) is 2. The number of aliphatic carboxylic acids is 2. The van der Waals surface area contributed by atoms with Crippen LogP contribution in [-0.4, -0.2) is 99.3 Å². The molecule has 0 saturated carbocycles. The van der Waals surface area contributed by atoms with Gasteiger partial charge in [0.1, 0.15) is 6.10 Å². The van der Waals surface area contributed by atoms with Crippen molar-refractivity contribution in [3.63, 3.8) is 0 Å². The first-order valence-electron chi connectivity index (χ1n) is 11.7. The zero-order valence-electron chi connectivity index (χ0n) is 20.1. The van der Waals surface area contributed by atoms with E-state index in [0.29, 0.717) is 23.9 Å². The van der Waals surface area contributed by atoms with E-state index in [2.05, 4.69) is 19.9 Å². The molecule has 3 fully saturated rings. The van der Waals surface area contributed by atoms with Crippen molar-refractivity contribution >= 4 is 11.9 Å². The molecule has 0 bridgehead atoms. The van der Waals surface area contributed by atoms with Crippen LogP contribution in [-0.2, 0) is 14.3 Å². The van der Waals surface area contributed by atoms with Gasteiger partial charge >= 0.3 is 24.3 Å². The van der Waals surface area contributed by atoms with Crippen LogP contribution in [0.4, 0.5) is 26.3 Å². The van der Waals surface area contributed by atoms with Crippen LogP contribution in [0.25, 0.3) is 0 Å². The van der Waals surface area contributed by atoms with Gasteiger partial charge in [-0.2, -0.15) is 31.3 Å². The Hall–Kier alpha value is -2.46. The van der Waals surface area contributed by atoms with E-state index in [1.165, 1.54) is 58.4 Å². The molecule has 1 aromatic heterocycles. The maximum atomic E-state index is 10.6. The van der Waals surface area contributed by atoms with Crippen LogP contribution in [0.3, 0.4) is 0 Å². The number of hydrogen-bond donors (Lipinski definition) is 2. The molecule has 3 aliphatic rings. The van der Waals surface area contributed by atoms with Crippen molar-refractivity contribution in [2.24, 2.45) is 0 Å². The van der Waals surface area contributed by atoms with Crippen LogP contribution in [0.15, 0.2) is 4.52 Å². The van der Waals surface area contributed by atoms with Crippen molar-refractivity contribution in [2.45, 2.75) is 76.1 Å². The Bertz CT molecular complexity index is 850. The van der Waals surface area contributed by atoms with Gasteiger partial charge in [0.2, 0.25) is 0 Å². The van der Waals surface area contributed by atoms with E-state index in [9.17, 15) is 26.3 Å². The molecule has 0 aliphatic carbocycles. The number of ether oxygens (including phenoxy) is 1. The van der Waals surface area contributed by atoms with Gasteiger partial charge in [-0.1, -0.05) is 11.6 Å². The third-order valence-corrected chi connectivity index (χ3v) is 6.12. The first-order chi connectivity index (χ1) is 17.2. The quantitative estimate of drug-likeness (QED) is 0.540. The molecule has 0 unspecified atom stereocenters. The van der Waals surface area contributed by atoms with E-state index in [-0.39, 0.29) is 6.10 Å². The summed E-state index contributed by atoms with van der Waals surface area (Å²) in [6.45, 7) is 8.01. The Balaban J connectivity index is 0.000000286. The van der Waals surface area contributed by atoms with Crippen molar-refractivity contribution < 1.29 is 55.4 Å². The number of aromatic nitrogens is 2. The van der Waals surface area contributed by atoms with Crippen LogP contribution in [0.1, 0.15) is 56.3 Å². The second-order valence-corrected chi connectivity index (χ2v) is 8.82. The number of carbonyl (C=O) groups is 2. The first kappa shape index (κ1) is 30.8. The van der Waals surface area contributed by atoms with E-state index in [0.717, 1.165) is 12.8 Å². The third kappa shape index (κ3) is 10.1. The lowest BCUT2D eigenvalue weighted by Crippen LogP contribution is -2.44. The fraction of sp³-hybridized carbons (Fsp3) is 0.810. The van der Waals surface area contributed by atoms with Gasteiger partial charge in [0.05, 0.1) is 6.10 Å². The van der Waals surface area contributed by atoms with Gasteiger partial charge in [0.25, 0.3) is 5.89 Å². The highest BCUT2D eigenvalue weighted by atomic mass is 19.4. The topological polar surface area (TPSA) is 129 Å². The summed E-state index contributed by atoms with van der Waals surface area (Å²) >= 11 is 0. The molecule has 1 aromatic rings. The predicted octanol–water partition coefficient (Wildman–Crippen LogP) is 3.42. The van der Waals surface area contributed by atoms with Crippen LogP contribution in [0.2, 0.25) is 0 Å². The molecule has 4 rings (SSSR count). The van der Waals surface area contributed by atoms with Gasteiger partial charge in [-0.25, -0.2) is 9.59 Å². The van der Waals surface area contributed by atoms with Gasteiger partial charge in [-0.05, 0) is 52.1 Å². The molecule has 16 heteroatoms. The van der Waals surface area contributed by atoms with Crippen molar-refractivity contribution in [3.8, 4) is 0 Å². The summed E-state index contributed by atoms with van der Waals surface area (Å²) < 4.78 is 75.1. The van der Waals surface area contributed by atoms with Crippen LogP contribution in [0, 0.1) is 6.92 Å². The summed E-state index contributed by atoms with van der Waals surface area (Å²) in [5, 5.41) is 18.1. The van der Waals surface area contributed by atoms with E-state index in [1.807, 2.05) is 6.92 Å². The number of likely N-dealkylation sites (tertiary alicyclic amines) is 2. The molecule has 0 radical (unpaired) electrons. The zero-order chi connectivity index (χ0) is 27.8. The highest BCUT2D eigenvalue weighted by Gasteiger charge is 2.41. The Morgan fingerprint density at radius 2 is 1.49 bits per heavy atom. The van der Waals surface area contributed by atoms with Crippen molar-refractivity contribution in [2.75, 3.05) is 32.7 Å². The lowest BCUT2D eigenvalue weighted by molar-refractivity contribution is -0.193. The molecule has 0 spiro atoms. The number of halogens is 6. The van der Waals surface area contributed by atoms with Gasteiger partial charge in [-0.3, -0.25) is 4.90 Å². The second kappa shape index (κ2) is 13.4. The predicted molar refractivity (Wildman–Crippen MR) is 114 cm³/mol. The van der Waals surface area contributed by atoms with Gasteiger partial charge in [0.15, 0.2) is 5.82 Å². The molecule has 3 aliphatic heterocycles. The van der Waals surface area contributed by atoms with Gasteiger partial charge in [-0.15, -0.1) is 0 Å². The number of hydrogen-bond acceptors (Lipinski definition) is 8. The number of nitrogens with zero attached hydrogens (tertiary/aromatic N) is 4. The highest BCUT2D eigenvalue weighted by Crippen LogP contribution is 2.37. The van der Waals surface area contributed by atoms with Crippen LogP contribution < -0.4 is 0 Å². The van der Waals surface area contributed by atoms with Gasteiger partial charge < -0.3 is 24.4 Å². The molecule has 37 heavy (non-hydrogen) atoms. The summed E-state index contributed by atoms with van der Waals surface area (Å²) in [6.07, 6.45) is -2.37. The van der Waals surface area contributed by atoms with E-state index < -0.39 is 24.3 Å². The molecule has 10 nitrogen and oxygen atoms in total. The molecule has 3 saturated heterocycles. The van der Waals surface area contributed by atoms with E-state index in [4.69, 9.17) is 29.1 Å². The summed E-state index contributed by atoms with van der Waals surface area (Å²) in [7, 11) is 0. The molecule has 0 amide bonds. The monoisotopic (exact) mass is 548 g/mol. The molecular weight excluding hydrogens is 518 g/mol. The lowest BCUT2D eigenvalue weighted by Gasteiger charge is -2.36. The van der Waals surface area contributed by atoms with Crippen molar-refractivity contribution in [3.05, 3.63) is 11.7 Å². The molecule has 3 atom stereocenters. The lowest BCUT2D eigenvalue weighted by atomic mass is 9.99. The van der Waals surface area contributed by atoms with E-state index >= 15 is 0 Å². The third-order valence-electron chi connectivity index (χ3n) is 6.12. The normalized spacial score (nSPS) is 24.8. The molecule has 2 N–H and O–H groups in total. The summed E-state index contributed by atoms with van der Waals surface area (Å²) in [5.41, 5.74) is 0. The first-order valence-corrected chi connectivity index (χ1v) is 11.7. The smallest absolute Gasteiger partial charge is 0.475 e. The maximum Gasteiger partial charge on any atom is 0.490 e. The van der Waals surface area contributed by atoms with Crippen LogP contribution >= 0.6 is 0 Å². The number of fused-ring (bicyclic) bond motifs is 1. The van der Waals surface area contributed by atoms with Crippen molar-refractivity contribution in [1.82, 2.24) is 19.9 Å². The fourth-order valence-corrected chi connectivity index (χ4v) is 4.37. The fourth-order valence-electron chi connectivity index (χ4n) is 4.37. The number of rotatable bonds is 4. The molecule has 0 aromatic carbocycles. The maximum absolute atomic E-state index is 10.6. The minimum Gasteiger partial charge on any atom is -0.475 e. The standard InChI is InChI=1S/C17H28N4O2.2C2HF3O2/c1-13-18-17(23-19-13)16-6-5-14-15(22-16)7-10-21(14)12-11-20-8-3-2-4-9-20;2*3-2(4,5)1(6)7/h14-16H,2-12H2,1H3;2*(H,6,7)/t14-,15-,16+;;/m1../s1. The Labute approximate surface area is 208 Å². The highest BCUT2D eigenvalue weighted by molar-refractivity contribution is 5.73. The summed E-state index contributed by atoms with van der Waals surface area (Å²) in [5.74, 6) is -4.16. The Morgan fingerprint density at radius 3 is 1.97 bits per heavy atom. The minimum atomic E-state index is -5.08. The average molecular weight is 548 g/mol. The molecule has 212 valence electrons. The SMILES string of the molecule is Cc1noc([C@@H]2CC[C@@H]3[C@@H](CCN3CCN3CCCCC3)O2)n1.O=C(O)C(F)(F)F.O=C(O)C(F)(F)F. The van der Waals surface area contributed by atoms with Gasteiger partial charge in [0, 0.05) is 25.7 Å². The molecule has 4 heterocycles. The summed E-state index contributed by atoms with van der Waals surface area (Å²) in [4.78, 5) is 27.4. The average Bonchev–Trinajstić information content (AvgIpc) is 3.43.